The van der Waals surface area contributed by atoms with Crippen molar-refractivity contribution < 1.29 is 4.79 Å². The van der Waals surface area contributed by atoms with Gasteiger partial charge < -0.3 is 5.73 Å². The SMILES string of the molecule is CCC(=O)[CH]N. The molecule has 0 aromatic heterocycles. The molecule has 0 rings (SSSR count). The van der Waals surface area contributed by atoms with Gasteiger partial charge in [-0.05, 0) is 0 Å². The highest BCUT2D eigenvalue weighted by Crippen LogP contribution is 1.76. The Morgan fingerprint density at radius 1 is 2.00 bits per heavy atom. The summed E-state index contributed by atoms with van der Waals surface area (Å²) < 4.78 is 0. The number of rotatable bonds is 2. The zero-order chi connectivity index (χ0) is 4.99. The summed E-state index contributed by atoms with van der Waals surface area (Å²) in [6.45, 7) is 2.85. The first-order valence-corrected chi connectivity index (χ1v) is 1.89. The van der Waals surface area contributed by atoms with Crippen molar-refractivity contribution in [1.29, 1.82) is 0 Å². The van der Waals surface area contributed by atoms with Crippen LogP contribution in [0, 0.1) is 6.54 Å². The van der Waals surface area contributed by atoms with Gasteiger partial charge in [0.1, 0.15) is 0 Å². The van der Waals surface area contributed by atoms with Gasteiger partial charge in [-0.25, -0.2) is 0 Å². The molecule has 0 aromatic carbocycles. The normalized spacial score (nSPS) is 8.33. The van der Waals surface area contributed by atoms with E-state index in [1.165, 1.54) is 0 Å². The Kier molecular flexibility index (Phi) is 2.67. The Morgan fingerprint density at radius 3 is 2.50 bits per heavy atom. The van der Waals surface area contributed by atoms with E-state index >= 15 is 0 Å². The second-order valence-corrected chi connectivity index (χ2v) is 0.987. The topological polar surface area (TPSA) is 43.1 Å². The largest absolute Gasteiger partial charge is 0.320 e. The molecule has 0 saturated carbocycles. The molecule has 2 heteroatoms. The van der Waals surface area contributed by atoms with Gasteiger partial charge in [-0.2, -0.15) is 0 Å². The fourth-order valence-electron chi connectivity index (χ4n) is 0.118. The van der Waals surface area contributed by atoms with Crippen LogP contribution in [0.15, 0.2) is 0 Å². The molecule has 0 spiro atoms. The molecule has 2 N–H and O–H groups in total. The Hall–Kier alpha value is -0.370. The number of hydrogen-bond donors (Lipinski definition) is 1. The van der Waals surface area contributed by atoms with Crippen LogP contribution in [0.5, 0.6) is 0 Å². The molecule has 35 valence electrons. The second kappa shape index (κ2) is 2.85. The molecule has 1 radical (unpaired) electrons. The maximum absolute atomic E-state index is 10.0. The summed E-state index contributed by atoms with van der Waals surface area (Å²) in [6, 6.07) is 0. The van der Waals surface area contributed by atoms with Gasteiger partial charge in [0, 0.05) is 6.42 Å². The van der Waals surface area contributed by atoms with Crippen LogP contribution in [0.3, 0.4) is 0 Å². The first-order valence-electron chi connectivity index (χ1n) is 1.89. The minimum atomic E-state index is -0.00463. The lowest BCUT2D eigenvalue weighted by atomic mass is 10.3. The van der Waals surface area contributed by atoms with Crippen molar-refractivity contribution >= 4 is 5.78 Å². The third kappa shape index (κ3) is 1.91. The zero-order valence-corrected chi connectivity index (χ0v) is 3.77. The van der Waals surface area contributed by atoms with Crippen molar-refractivity contribution in [1.82, 2.24) is 0 Å². The average molecular weight is 86.1 g/mol. The Balaban J connectivity index is 2.99. The first kappa shape index (κ1) is 5.63. The monoisotopic (exact) mass is 86.1 g/mol. The first-order chi connectivity index (χ1) is 2.81. The molecule has 0 aromatic rings. The predicted molar refractivity (Wildman–Crippen MR) is 23.8 cm³/mol. The highest BCUT2D eigenvalue weighted by Gasteiger charge is 1.88. The molecule has 0 fully saturated rings. The van der Waals surface area contributed by atoms with E-state index in [0.29, 0.717) is 6.42 Å². The van der Waals surface area contributed by atoms with Crippen molar-refractivity contribution in [3.05, 3.63) is 6.54 Å². The van der Waals surface area contributed by atoms with E-state index in [1.807, 2.05) is 0 Å². The highest BCUT2D eigenvalue weighted by atomic mass is 16.1. The van der Waals surface area contributed by atoms with Crippen LogP contribution in [-0.2, 0) is 4.79 Å². The zero-order valence-electron chi connectivity index (χ0n) is 3.77. The van der Waals surface area contributed by atoms with Crippen molar-refractivity contribution in [3.8, 4) is 0 Å². The minimum Gasteiger partial charge on any atom is -0.320 e. The Morgan fingerprint density at radius 2 is 2.50 bits per heavy atom. The third-order valence-corrected chi connectivity index (χ3v) is 0.534. The van der Waals surface area contributed by atoms with Crippen LogP contribution < -0.4 is 5.73 Å². The molecule has 0 aliphatic rings. The lowest BCUT2D eigenvalue weighted by Crippen LogP contribution is -2.03. The number of carbonyl (C=O) groups excluding carboxylic acids is 1. The van der Waals surface area contributed by atoms with Gasteiger partial charge in [-0.3, -0.25) is 4.79 Å². The number of carbonyl (C=O) groups is 1. The fraction of sp³-hybridized carbons (Fsp3) is 0.500. The summed E-state index contributed by atoms with van der Waals surface area (Å²) in [5.41, 5.74) is 4.81. The van der Waals surface area contributed by atoms with Crippen LogP contribution in [0.25, 0.3) is 0 Å². The van der Waals surface area contributed by atoms with Gasteiger partial charge in [0.05, 0.1) is 6.54 Å². The standard InChI is InChI=1S/C4H8NO/c1-2-4(6)3-5/h3H,2,5H2,1H3. The molecule has 0 bridgehead atoms. The van der Waals surface area contributed by atoms with E-state index in [0.717, 1.165) is 6.54 Å². The van der Waals surface area contributed by atoms with E-state index in [2.05, 4.69) is 0 Å². The molecule has 0 heterocycles. The van der Waals surface area contributed by atoms with Crippen molar-refractivity contribution in [3.63, 3.8) is 0 Å². The van der Waals surface area contributed by atoms with Gasteiger partial charge in [-0.1, -0.05) is 6.92 Å². The van der Waals surface area contributed by atoms with Crippen molar-refractivity contribution in [2.45, 2.75) is 13.3 Å². The van der Waals surface area contributed by atoms with Gasteiger partial charge in [0.15, 0.2) is 5.78 Å². The molecule has 2 nitrogen and oxygen atoms in total. The molecule has 0 saturated heterocycles. The minimum absolute atomic E-state index is 0.00463. The number of nitrogens with two attached hydrogens (primary N) is 1. The van der Waals surface area contributed by atoms with Crippen LogP contribution in [0.1, 0.15) is 13.3 Å². The maximum atomic E-state index is 10.0. The molecule has 0 amide bonds. The van der Waals surface area contributed by atoms with Gasteiger partial charge >= 0.3 is 0 Å². The number of ketones is 1. The summed E-state index contributed by atoms with van der Waals surface area (Å²) in [4.78, 5) is 10.0. The fourth-order valence-corrected chi connectivity index (χ4v) is 0.118. The average Bonchev–Trinajstić information content (AvgIpc) is 1.65. The van der Waals surface area contributed by atoms with Crippen LogP contribution in [0.4, 0.5) is 0 Å². The van der Waals surface area contributed by atoms with Crippen LogP contribution in [-0.4, -0.2) is 5.78 Å². The maximum Gasteiger partial charge on any atom is 0.151 e. The Labute approximate surface area is 37.3 Å². The molecule has 6 heavy (non-hydrogen) atoms. The summed E-state index contributed by atoms with van der Waals surface area (Å²) in [5.74, 6) is -0.00463. The van der Waals surface area contributed by atoms with Crippen molar-refractivity contribution in [2.24, 2.45) is 5.73 Å². The second-order valence-electron chi connectivity index (χ2n) is 0.987. The molecule has 0 aliphatic heterocycles. The predicted octanol–water partition coefficient (Wildman–Crippen LogP) is 0.0860. The van der Waals surface area contributed by atoms with E-state index in [9.17, 15) is 4.79 Å². The molecule has 0 atom stereocenters. The van der Waals surface area contributed by atoms with Crippen LogP contribution in [0.2, 0.25) is 0 Å². The summed E-state index contributed by atoms with van der Waals surface area (Å²) in [7, 11) is 0. The van der Waals surface area contributed by atoms with Gasteiger partial charge in [0.25, 0.3) is 0 Å². The summed E-state index contributed by atoms with van der Waals surface area (Å²) in [5, 5.41) is 0. The molecular weight excluding hydrogens is 78.1 g/mol. The van der Waals surface area contributed by atoms with E-state index < -0.39 is 0 Å². The van der Waals surface area contributed by atoms with E-state index in [-0.39, 0.29) is 5.78 Å². The molecule has 0 aliphatic carbocycles. The Bertz CT molecular complexity index is 45.5. The highest BCUT2D eigenvalue weighted by molar-refractivity contribution is 5.85. The number of Topliss-reactive ketones (excluding diaryl/α,β-unsaturated/α-hetero) is 1. The quantitative estimate of drug-likeness (QED) is 0.517. The molecular formula is C4H8NO. The van der Waals surface area contributed by atoms with Crippen molar-refractivity contribution in [2.75, 3.05) is 0 Å². The summed E-state index contributed by atoms with van der Waals surface area (Å²) >= 11 is 0. The van der Waals surface area contributed by atoms with Gasteiger partial charge in [0.2, 0.25) is 0 Å². The number of hydrogen-bond acceptors (Lipinski definition) is 2. The summed E-state index contributed by atoms with van der Waals surface area (Å²) in [6.07, 6.45) is 0.510. The third-order valence-electron chi connectivity index (χ3n) is 0.534. The lowest BCUT2D eigenvalue weighted by molar-refractivity contribution is -0.115. The lowest BCUT2D eigenvalue weighted by Gasteiger charge is -1.81. The van der Waals surface area contributed by atoms with E-state index in [4.69, 9.17) is 5.73 Å². The smallest absolute Gasteiger partial charge is 0.151 e. The van der Waals surface area contributed by atoms with Gasteiger partial charge in [-0.15, -0.1) is 0 Å². The van der Waals surface area contributed by atoms with Crippen LogP contribution >= 0.6 is 0 Å². The van der Waals surface area contributed by atoms with E-state index in [1.54, 1.807) is 6.92 Å². The molecule has 0 unspecified atom stereocenters.